The molecule has 0 aliphatic heterocycles. The lowest BCUT2D eigenvalue weighted by Gasteiger charge is -2.32. The molecule has 28 heavy (non-hydrogen) atoms. The van der Waals surface area contributed by atoms with Gasteiger partial charge in [-0.25, -0.2) is 0 Å². The van der Waals surface area contributed by atoms with Crippen molar-refractivity contribution in [2.45, 2.75) is 25.7 Å². The van der Waals surface area contributed by atoms with Gasteiger partial charge >= 0.3 is 0 Å². The van der Waals surface area contributed by atoms with Crippen molar-refractivity contribution in [3.8, 4) is 11.1 Å². The lowest BCUT2D eigenvalue weighted by molar-refractivity contribution is 0.567. The van der Waals surface area contributed by atoms with E-state index in [9.17, 15) is 0 Å². The number of aryl methyl sites for hydroxylation is 1. The second kappa shape index (κ2) is 7.86. The summed E-state index contributed by atoms with van der Waals surface area (Å²) in [5, 5.41) is 0. The largest absolute Gasteiger partial charge is 0.0622 e. The second-order valence-corrected chi connectivity index (χ2v) is 7.80. The minimum absolute atomic E-state index is 0.0791. The van der Waals surface area contributed by atoms with E-state index in [1.165, 1.54) is 33.4 Å². The minimum atomic E-state index is -0.0791. The Morgan fingerprint density at radius 1 is 0.536 bits per heavy atom. The van der Waals surface area contributed by atoms with Gasteiger partial charge < -0.3 is 0 Å². The first-order valence-electron chi connectivity index (χ1n) is 9.92. The Kier molecular flexibility index (Phi) is 5.12. The van der Waals surface area contributed by atoms with Crippen molar-refractivity contribution in [2.75, 3.05) is 0 Å². The summed E-state index contributed by atoms with van der Waals surface area (Å²) in [7, 11) is 0. The van der Waals surface area contributed by atoms with Crippen molar-refractivity contribution >= 4 is 0 Å². The monoisotopic (exact) mass is 362 g/mol. The topological polar surface area (TPSA) is 0 Å². The van der Waals surface area contributed by atoms with Gasteiger partial charge in [-0.1, -0.05) is 122 Å². The highest BCUT2D eigenvalue weighted by Crippen LogP contribution is 2.36. The van der Waals surface area contributed by atoms with Crippen LogP contribution in [0.25, 0.3) is 11.1 Å². The summed E-state index contributed by atoms with van der Waals surface area (Å²) >= 11 is 0. The Hall–Kier alpha value is -3.12. The minimum Gasteiger partial charge on any atom is -0.0622 e. The first-order chi connectivity index (χ1) is 13.6. The van der Waals surface area contributed by atoms with Gasteiger partial charge in [0.25, 0.3) is 0 Å². The molecule has 0 bridgehead atoms. The van der Waals surface area contributed by atoms with Gasteiger partial charge in [-0.05, 0) is 41.2 Å². The molecule has 0 aliphatic carbocycles. The van der Waals surface area contributed by atoms with E-state index in [1.54, 1.807) is 0 Å². The van der Waals surface area contributed by atoms with Gasteiger partial charge in [0.05, 0.1) is 0 Å². The van der Waals surface area contributed by atoms with Crippen LogP contribution in [0.3, 0.4) is 0 Å². The summed E-state index contributed by atoms with van der Waals surface area (Å²) in [5.41, 5.74) is 7.80. The van der Waals surface area contributed by atoms with Gasteiger partial charge in [-0.15, -0.1) is 0 Å². The third kappa shape index (κ3) is 3.77. The standard InChI is InChI=1S/C28H26/c1-22-13-17-26(18-14-22)28(2,21-23-9-5-3-6-10-23)27-19-15-25(16-20-27)24-11-7-4-8-12-24/h3-20H,21H2,1-2H3. The molecule has 0 nitrogen and oxygen atoms in total. The summed E-state index contributed by atoms with van der Waals surface area (Å²) in [6.07, 6.45) is 0.974. The van der Waals surface area contributed by atoms with Crippen LogP contribution in [0.2, 0.25) is 0 Å². The van der Waals surface area contributed by atoms with Crippen molar-refractivity contribution < 1.29 is 0 Å². The third-order valence-corrected chi connectivity index (χ3v) is 5.72. The molecule has 4 aromatic carbocycles. The number of benzene rings is 4. The molecule has 0 aromatic heterocycles. The molecule has 0 radical (unpaired) electrons. The average molecular weight is 363 g/mol. The van der Waals surface area contributed by atoms with Crippen LogP contribution in [0.15, 0.2) is 109 Å². The molecule has 0 fully saturated rings. The predicted molar refractivity (Wildman–Crippen MR) is 120 cm³/mol. The molecule has 0 amide bonds. The van der Waals surface area contributed by atoms with E-state index in [1.807, 2.05) is 0 Å². The quantitative estimate of drug-likeness (QED) is 0.352. The Bertz CT molecular complexity index is 1010. The van der Waals surface area contributed by atoms with Gasteiger partial charge in [0, 0.05) is 5.41 Å². The summed E-state index contributed by atoms with van der Waals surface area (Å²) < 4.78 is 0. The predicted octanol–water partition coefficient (Wildman–Crippen LogP) is 7.21. The van der Waals surface area contributed by atoms with Crippen molar-refractivity contribution in [3.05, 3.63) is 131 Å². The molecule has 4 rings (SSSR count). The Morgan fingerprint density at radius 2 is 1.00 bits per heavy atom. The maximum absolute atomic E-state index is 2.36. The van der Waals surface area contributed by atoms with Crippen LogP contribution in [0, 0.1) is 6.92 Å². The lowest BCUT2D eigenvalue weighted by Crippen LogP contribution is -2.26. The van der Waals surface area contributed by atoms with Gasteiger partial charge in [-0.3, -0.25) is 0 Å². The van der Waals surface area contributed by atoms with Crippen LogP contribution in [0.5, 0.6) is 0 Å². The Labute approximate surface area is 168 Å². The maximum Gasteiger partial charge on any atom is 0.0215 e. The zero-order valence-electron chi connectivity index (χ0n) is 16.6. The molecule has 0 saturated carbocycles. The van der Waals surface area contributed by atoms with Crippen molar-refractivity contribution in [1.82, 2.24) is 0 Å². The molecule has 0 aliphatic rings. The molecule has 1 atom stereocenters. The Balaban J connectivity index is 1.75. The van der Waals surface area contributed by atoms with Crippen LogP contribution in [0.1, 0.15) is 29.2 Å². The fourth-order valence-electron chi connectivity index (χ4n) is 3.96. The van der Waals surface area contributed by atoms with Crippen LogP contribution < -0.4 is 0 Å². The average Bonchev–Trinajstić information content (AvgIpc) is 2.75. The van der Waals surface area contributed by atoms with Gasteiger partial charge in [0.1, 0.15) is 0 Å². The summed E-state index contributed by atoms with van der Waals surface area (Å²) in [6.45, 7) is 4.51. The first kappa shape index (κ1) is 18.3. The van der Waals surface area contributed by atoms with E-state index in [4.69, 9.17) is 0 Å². The second-order valence-electron chi connectivity index (χ2n) is 7.80. The molecule has 0 N–H and O–H groups in total. The summed E-state index contributed by atoms with van der Waals surface area (Å²) in [6, 6.07) is 39.5. The summed E-state index contributed by atoms with van der Waals surface area (Å²) in [5.74, 6) is 0. The van der Waals surface area contributed by atoms with E-state index < -0.39 is 0 Å². The maximum atomic E-state index is 2.36. The van der Waals surface area contributed by atoms with E-state index in [0.717, 1.165) is 6.42 Å². The van der Waals surface area contributed by atoms with Gasteiger partial charge in [0.2, 0.25) is 0 Å². The van der Waals surface area contributed by atoms with Crippen molar-refractivity contribution in [3.63, 3.8) is 0 Å². The molecule has 0 heterocycles. The molecule has 138 valence electrons. The fraction of sp³-hybridized carbons (Fsp3) is 0.143. The van der Waals surface area contributed by atoms with Gasteiger partial charge in [-0.2, -0.15) is 0 Å². The van der Waals surface area contributed by atoms with Crippen LogP contribution in [0.4, 0.5) is 0 Å². The highest BCUT2D eigenvalue weighted by atomic mass is 14.3. The highest BCUT2D eigenvalue weighted by Gasteiger charge is 2.29. The van der Waals surface area contributed by atoms with Crippen molar-refractivity contribution in [2.24, 2.45) is 0 Å². The lowest BCUT2D eigenvalue weighted by atomic mass is 9.72. The van der Waals surface area contributed by atoms with E-state index in [2.05, 4.69) is 123 Å². The van der Waals surface area contributed by atoms with E-state index in [0.29, 0.717) is 0 Å². The zero-order chi connectivity index (χ0) is 19.4. The number of rotatable bonds is 5. The third-order valence-electron chi connectivity index (χ3n) is 5.72. The fourth-order valence-corrected chi connectivity index (χ4v) is 3.96. The summed E-state index contributed by atoms with van der Waals surface area (Å²) in [4.78, 5) is 0. The number of hydrogen-bond acceptors (Lipinski definition) is 0. The zero-order valence-corrected chi connectivity index (χ0v) is 16.6. The molecule has 1 unspecified atom stereocenters. The molecular formula is C28H26. The SMILES string of the molecule is Cc1ccc(C(C)(Cc2ccccc2)c2ccc(-c3ccccc3)cc2)cc1. The molecular weight excluding hydrogens is 336 g/mol. The van der Waals surface area contributed by atoms with Gasteiger partial charge in [0.15, 0.2) is 0 Å². The van der Waals surface area contributed by atoms with E-state index >= 15 is 0 Å². The van der Waals surface area contributed by atoms with Crippen LogP contribution >= 0.6 is 0 Å². The van der Waals surface area contributed by atoms with Crippen molar-refractivity contribution in [1.29, 1.82) is 0 Å². The smallest absolute Gasteiger partial charge is 0.0215 e. The highest BCUT2D eigenvalue weighted by molar-refractivity contribution is 5.64. The molecule has 0 heteroatoms. The van der Waals surface area contributed by atoms with Crippen LogP contribution in [-0.4, -0.2) is 0 Å². The molecule has 0 saturated heterocycles. The number of hydrogen-bond donors (Lipinski definition) is 0. The van der Waals surface area contributed by atoms with Crippen LogP contribution in [-0.2, 0) is 11.8 Å². The normalized spacial score (nSPS) is 13.1. The van der Waals surface area contributed by atoms with E-state index in [-0.39, 0.29) is 5.41 Å². The molecule has 0 spiro atoms. The molecule has 4 aromatic rings. The first-order valence-corrected chi connectivity index (χ1v) is 9.92. The Morgan fingerprint density at radius 3 is 1.57 bits per heavy atom.